The van der Waals surface area contributed by atoms with E-state index in [-0.39, 0.29) is 6.04 Å². The van der Waals surface area contributed by atoms with Gasteiger partial charge in [-0.05, 0) is 25.0 Å². The highest BCUT2D eigenvalue weighted by molar-refractivity contribution is 5.39. The third kappa shape index (κ3) is 2.71. The third-order valence-corrected chi connectivity index (χ3v) is 2.84. The standard InChI is InChI=1S/C12H19N3O/c1-10(13)11-3-4-12(14-9-11)15-5-2-7-16-8-6-15/h3-4,9-10H,2,5-8,13H2,1H3/t10-/m1/s1. The van der Waals surface area contributed by atoms with E-state index in [2.05, 4.69) is 16.0 Å². The Kier molecular flexibility index (Phi) is 3.74. The largest absolute Gasteiger partial charge is 0.380 e. The molecule has 1 fully saturated rings. The summed E-state index contributed by atoms with van der Waals surface area (Å²) in [5, 5.41) is 0. The van der Waals surface area contributed by atoms with Crippen LogP contribution < -0.4 is 10.6 Å². The number of ether oxygens (including phenoxy) is 1. The zero-order chi connectivity index (χ0) is 11.4. The Labute approximate surface area is 96.4 Å². The maximum Gasteiger partial charge on any atom is 0.128 e. The van der Waals surface area contributed by atoms with Crippen LogP contribution in [0.25, 0.3) is 0 Å². The van der Waals surface area contributed by atoms with Crippen molar-refractivity contribution in [1.29, 1.82) is 0 Å². The Morgan fingerprint density at radius 3 is 2.94 bits per heavy atom. The molecule has 88 valence electrons. The van der Waals surface area contributed by atoms with Crippen LogP contribution in [0.1, 0.15) is 24.9 Å². The lowest BCUT2D eigenvalue weighted by Gasteiger charge is -2.20. The van der Waals surface area contributed by atoms with Crippen molar-refractivity contribution in [1.82, 2.24) is 4.98 Å². The van der Waals surface area contributed by atoms with Crippen LogP contribution in [-0.4, -0.2) is 31.3 Å². The Bertz CT molecular complexity index is 316. The lowest BCUT2D eigenvalue weighted by Crippen LogP contribution is -2.26. The molecule has 0 spiro atoms. The second kappa shape index (κ2) is 5.27. The van der Waals surface area contributed by atoms with Crippen molar-refractivity contribution in [2.24, 2.45) is 5.73 Å². The Morgan fingerprint density at radius 2 is 2.25 bits per heavy atom. The van der Waals surface area contributed by atoms with Crippen molar-refractivity contribution in [2.75, 3.05) is 31.2 Å². The number of pyridine rings is 1. The smallest absolute Gasteiger partial charge is 0.128 e. The van der Waals surface area contributed by atoms with Gasteiger partial charge < -0.3 is 15.4 Å². The van der Waals surface area contributed by atoms with Gasteiger partial charge in [0.1, 0.15) is 5.82 Å². The first-order valence-electron chi connectivity index (χ1n) is 5.81. The number of nitrogens with two attached hydrogens (primary N) is 1. The van der Waals surface area contributed by atoms with Crippen molar-refractivity contribution in [3.05, 3.63) is 23.9 Å². The van der Waals surface area contributed by atoms with Gasteiger partial charge in [0.15, 0.2) is 0 Å². The van der Waals surface area contributed by atoms with E-state index in [1.54, 1.807) is 0 Å². The van der Waals surface area contributed by atoms with Crippen LogP contribution in [0.2, 0.25) is 0 Å². The molecule has 2 rings (SSSR count). The molecule has 1 atom stereocenters. The van der Waals surface area contributed by atoms with E-state index in [1.165, 1.54) is 0 Å². The van der Waals surface area contributed by atoms with Crippen LogP contribution >= 0.6 is 0 Å². The molecule has 2 N–H and O–H groups in total. The molecular formula is C12H19N3O. The summed E-state index contributed by atoms with van der Waals surface area (Å²) in [6.07, 6.45) is 2.93. The highest BCUT2D eigenvalue weighted by atomic mass is 16.5. The summed E-state index contributed by atoms with van der Waals surface area (Å²) < 4.78 is 5.42. The van der Waals surface area contributed by atoms with Crippen molar-refractivity contribution >= 4 is 5.82 Å². The molecule has 4 nitrogen and oxygen atoms in total. The summed E-state index contributed by atoms with van der Waals surface area (Å²) in [6.45, 7) is 5.55. The van der Waals surface area contributed by atoms with Gasteiger partial charge in [-0.25, -0.2) is 4.98 Å². The zero-order valence-electron chi connectivity index (χ0n) is 9.72. The monoisotopic (exact) mass is 221 g/mol. The van der Waals surface area contributed by atoms with Crippen molar-refractivity contribution < 1.29 is 4.74 Å². The van der Waals surface area contributed by atoms with Gasteiger partial charge in [0, 0.05) is 31.9 Å². The first-order chi connectivity index (χ1) is 7.77. The highest BCUT2D eigenvalue weighted by Crippen LogP contribution is 2.15. The molecular weight excluding hydrogens is 202 g/mol. The predicted octanol–water partition coefficient (Wildman–Crippen LogP) is 1.33. The lowest BCUT2D eigenvalue weighted by atomic mass is 10.1. The number of rotatable bonds is 2. The van der Waals surface area contributed by atoms with Gasteiger partial charge in [0.2, 0.25) is 0 Å². The van der Waals surface area contributed by atoms with Crippen LogP contribution in [0.4, 0.5) is 5.82 Å². The molecule has 1 aliphatic rings. The minimum atomic E-state index is 0.0500. The van der Waals surface area contributed by atoms with Gasteiger partial charge in [-0.1, -0.05) is 6.07 Å². The maximum atomic E-state index is 5.79. The van der Waals surface area contributed by atoms with Crippen LogP contribution in [-0.2, 0) is 4.74 Å². The summed E-state index contributed by atoms with van der Waals surface area (Å²) in [6, 6.07) is 4.15. The van der Waals surface area contributed by atoms with E-state index in [4.69, 9.17) is 10.5 Å². The molecule has 0 bridgehead atoms. The van der Waals surface area contributed by atoms with Gasteiger partial charge in [-0.2, -0.15) is 0 Å². The van der Waals surface area contributed by atoms with E-state index < -0.39 is 0 Å². The topological polar surface area (TPSA) is 51.4 Å². The minimum absolute atomic E-state index is 0.0500. The van der Waals surface area contributed by atoms with Crippen molar-refractivity contribution in [3.8, 4) is 0 Å². The van der Waals surface area contributed by atoms with Crippen LogP contribution in [0.15, 0.2) is 18.3 Å². The molecule has 0 unspecified atom stereocenters. The van der Waals surface area contributed by atoms with E-state index in [1.807, 2.05) is 19.2 Å². The van der Waals surface area contributed by atoms with Crippen molar-refractivity contribution in [2.45, 2.75) is 19.4 Å². The first-order valence-corrected chi connectivity index (χ1v) is 5.81. The van der Waals surface area contributed by atoms with Gasteiger partial charge in [-0.3, -0.25) is 0 Å². The molecule has 1 aromatic rings. The Balaban J connectivity index is 2.07. The van der Waals surface area contributed by atoms with Crippen LogP contribution in [0.5, 0.6) is 0 Å². The van der Waals surface area contributed by atoms with Gasteiger partial charge in [0.05, 0.1) is 6.61 Å². The molecule has 16 heavy (non-hydrogen) atoms. The maximum absolute atomic E-state index is 5.79. The quantitative estimate of drug-likeness (QED) is 0.818. The highest BCUT2D eigenvalue weighted by Gasteiger charge is 2.11. The fourth-order valence-corrected chi connectivity index (χ4v) is 1.83. The molecule has 0 radical (unpaired) electrons. The fourth-order valence-electron chi connectivity index (χ4n) is 1.83. The normalized spacial score (nSPS) is 19.2. The van der Waals surface area contributed by atoms with E-state index in [9.17, 15) is 0 Å². The molecule has 4 heteroatoms. The molecule has 0 aromatic carbocycles. The van der Waals surface area contributed by atoms with E-state index in [0.717, 1.165) is 44.1 Å². The first kappa shape index (κ1) is 11.4. The van der Waals surface area contributed by atoms with Gasteiger partial charge in [-0.15, -0.1) is 0 Å². The number of anilines is 1. The molecule has 1 saturated heterocycles. The average Bonchev–Trinajstić information content (AvgIpc) is 2.57. The second-order valence-corrected chi connectivity index (χ2v) is 4.19. The molecule has 0 amide bonds. The molecule has 1 aliphatic heterocycles. The zero-order valence-corrected chi connectivity index (χ0v) is 9.72. The SMILES string of the molecule is C[C@@H](N)c1ccc(N2CCCOCC2)nc1. The molecule has 1 aromatic heterocycles. The van der Waals surface area contributed by atoms with E-state index in [0.29, 0.717) is 0 Å². The second-order valence-electron chi connectivity index (χ2n) is 4.19. The van der Waals surface area contributed by atoms with Crippen LogP contribution in [0.3, 0.4) is 0 Å². The molecule has 0 aliphatic carbocycles. The predicted molar refractivity (Wildman–Crippen MR) is 64.5 cm³/mol. The number of hydrogen-bond donors (Lipinski definition) is 1. The number of aromatic nitrogens is 1. The van der Waals surface area contributed by atoms with Crippen molar-refractivity contribution in [3.63, 3.8) is 0 Å². The number of nitrogens with zero attached hydrogens (tertiary/aromatic N) is 2. The fraction of sp³-hybridized carbons (Fsp3) is 0.583. The molecule has 2 heterocycles. The summed E-state index contributed by atoms with van der Waals surface area (Å²) in [5.74, 6) is 1.02. The third-order valence-electron chi connectivity index (χ3n) is 2.84. The summed E-state index contributed by atoms with van der Waals surface area (Å²) in [4.78, 5) is 6.72. The Morgan fingerprint density at radius 1 is 1.38 bits per heavy atom. The summed E-state index contributed by atoms with van der Waals surface area (Å²) in [7, 11) is 0. The van der Waals surface area contributed by atoms with Gasteiger partial charge >= 0.3 is 0 Å². The number of hydrogen-bond acceptors (Lipinski definition) is 4. The van der Waals surface area contributed by atoms with E-state index >= 15 is 0 Å². The van der Waals surface area contributed by atoms with Gasteiger partial charge in [0.25, 0.3) is 0 Å². The Hall–Kier alpha value is -1.13. The minimum Gasteiger partial charge on any atom is -0.380 e. The summed E-state index contributed by atoms with van der Waals surface area (Å²) >= 11 is 0. The average molecular weight is 221 g/mol. The molecule has 0 saturated carbocycles. The van der Waals surface area contributed by atoms with Crippen LogP contribution in [0, 0.1) is 0 Å². The lowest BCUT2D eigenvalue weighted by molar-refractivity contribution is 0.152. The summed E-state index contributed by atoms with van der Waals surface area (Å²) in [5.41, 5.74) is 6.87.